The van der Waals surface area contributed by atoms with E-state index in [-0.39, 0.29) is 11.8 Å². The highest BCUT2D eigenvalue weighted by molar-refractivity contribution is 5.92. The molecule has 4 rings (SSSR count). The molecule has 122 valence electrons. The molecule has 3 heterocycles. The normalized spacial score (nSPS) is 15.5. The number of hydrogen-bond acceptors (Lipinski definition) is 6. The summed E-state index contributed by atoms with van der Waals surface area (Å²) in [4.78, 5) is 24.9. The first-order chi connectivity index (χ1) is 11.8. The second-order valence-electron chi connectivity index (χ2n) is 5.85. The highest BCUT2D eigenvalue weighted by atomic mass is 16.3. The molecule has 1 aromatic carbocycles. The van der Waals surface area contributed by atoms with E-state index in [1.807, 2.05) is 18.2 Å². The summed E-state index contributed by atoms with van der Waals surface area (Å²) in [5.41, 5.74) is 1.63. The van der Waals surface area contributed by atoms with Crippen LogP contribution < -0.4 is 10.6 Å². The minimum absolute atomic E-state index is 0.0118. The first kappa shape index (κ1) is 14.8. The van der Waals surface area contributed by atoms with Gasteiger partial charge in [0.15, 0.2) is 12.2 Å². The van der Waals surface area contributed by atoms with Gasteiger partial charge in [0.1, 0.15) is 0 Å². The average Bonchev–Trinajstić information content (AvgIpc) is 3.16. The van der Waals surface area contributed by atoms with Crippen molar-refractivity contribution in [2.24, 2.45) is 5.92 Å². The van der Waals surface area contributed by atoms with Crippen LogP contribution in [0.5, 0.6) is 0 Å². The van der Waals surface area contributed by atoms with E-state index < -0.39 is 0 Å². The zero-order valence-corrected chi connectivity index (χ0v) is 13.0. The number of nitrogens with zero attached hydrogens (tertiary/aromatic N) is 3. The first-order valence-electron chi connectivity index (χ1n) is 7.97. The second kappa shape index (κ2) is 6.37. The lowest BCUT2D eigenvalue weighted by Crippen LogP contribution is -2.34. The van der Waals surface area contributed by atoms with Crippen LogP contribution in [0, 0.1) is 5.92 Å². The van der Waals surface area contributed by atoms with Crippen molar-refractivity contribution in [2.75, 3.05) is 18.4 Å². The number of rotatable bonds is 3. The molecule has 24 heavy (non-hydrogen) atoms. The second-order valence-corrected chi connectivity index (χ2v) is 5.85. The minimum Gasteiger partial charge on any atom is -0.444 e. The Balaban J connectivity index is 1.58. The highest BCUT2D eigenvalue weighted by Gasteiger charge is 2.21. The van der Waals surface area contributed by atoms with Crippen LogP contribution in [0.3, 0.4) is 0 Å². The lowest BCUT2D eigenvalue weighted by atomic mass is 9.97. The van der Waals surface area contributed by atoms with Gasteiger partial charge in [-0.3, -0.25) is 10.1 Å². The van der Waals surface area contributed by atoms with Gasteiger partial charge in [-0.15, -0.1) is 0 Å². The van der Waals surface area contributed by atoms with Crippen LogP contribution in [0.4, 0.5) is 5.95 Å². The van der Waals surface area contributed by atoms with Gasteiger partial charge in [-0.1, -0.05) is 12.1 Å². The molecular weight excluding hydrogens is 306 g/mol. The molecule has 0 bridgehead atoms. The van der Waals surface area contributed by atoms with Crippen molar-refractivity contribution in [3.8, 4) is 11.3 Å². The van der Waals surface area contributed by atoms with Crippen molar-refractivity contribution in [1.82, 2.24) is 20.3 Å². The molecule has 0 radical (unpaired) electrons. The molecule has 0 spiro atoms. The first-order valence-corrected chi connectivity index (χ1v) is 7.97. The molecule has 3 aromatic rings. The van der Waals surface area contributed by atoms with Gasteiger partial charge in [-0.05, 0) is 32.0 Å². The predicted octanol–water partition coefficient (Wildman–Crippen LogP) is 2.22. The third-order valence-corrected chi connectivity index (χ3v) is 4.24. The van der Waals surface area contributed by atoms with Crippen molar-refractivity contribution in [1.29, 1.82) is 0 Å². The molecule has 1 saturated heterocycles. The summed E-state index contributed by atoms with van der Waals surface area (Å²) in [6.45, 7) is 1.74. The third-order valence-electron chi connectivity index (χ3n) is 4.24. The highest BCUT2D eigenvalue weighted by Crippen LogP contribution is 2.23. The summed E-state index contributed by atoms with van der Waals surface area (Å²) in [7, 11) is 0. The molecule has 2 N–H and O–H groups in total. The Kier molecular flexibility index (Phi) is 3.92. The summed E-state index contributed by atoms with van der Waals surface area (Å²) in [5.74, 6) is 1.02. The summed E-state index contributed by atoms with van der Waals surface area (Å²) in [5, 5.41) is 6.99. The molecule has 0 unspecified atom stereocenters. The molecule has 0 atom stereocenters. The fraction of sp³-hybridized carbons (Fsp3) is 0.294. The zero-order valence-electron chi connectivity index (χ0n) is 13.0. The minimum atomic E-state index is -0.0118. The van der Waals surface area contributed by atoms with Crippen LogP contribution in [0.1, 0.15) is 12.8 Å². The third kappa shape index (κ3) is 2.98. The summed E-state index contributed by atoms with van der Waals surface area (Å²) < 4.78 is 5.31. The Morgan fingerprint density at radius 2 is 2.12 bits per heavy atom. The molecule has 2 aromatic heterocycles. The number of oxazole rings is 1. The van der Waals surface area contributed by atoms with Gasteiger partial charge in [0.2, 0.25) is 11.9 Å². The molecule has 1 aliphatic heterocycles. The number of benzene rings is 1. The van der Waals surface area contributed by atoms with Crippen LogP contribution >= 0.6 is 0 Å². The van der Waals surface area contributed by atoms with E-state index in [2.05, 4.69) is 25.6 Å². The SMILES string of the molecule is O=C(Nc1ncc2ccc(-c3cnco3)cc2n1)C1CCNCC1. The maximum Gasteiger partial charge on any atom is 0.229 e. The Bertz CT molecular complexity index is 857. The number of carbonyl (C=O) groups is 1. The molecule has 1 fully saturated rings. The van der Waals surface area contributed by atoms with Gasteiger partial charge in [-0.25, -0.2) is 15.0 Å². The van der Waals surface area contributed by atoms with Gasteiger partial charge in [0.05, 0.1) is 11.7 Å². The quantitative estimate of drug-likeness (QED) is 0.768. The van der Waals surface area contributed by atoms with Gasteiger partial charge < -0.3 is 9.73 Å². The lowest BCUT2D eigenvalue weighted by molar-refractivity contribution is -0.120. The topological polar surface area (TPSA) is 92.9 Å². The van der Waals surface area contributed by atoms with Crippen LogP contribution in [0.15, 0.2) is 41.4 Å². The van der Waals surface area contributed by atoms with Crippen molar-refractivity contribution < 1.29 is 9.21 Å². The van der Waals surface area contributed by atoms with Crippen molar-refractivity contribution in [3.63, 3.8) is 0 Å². The number of piperidine rings is 1. The Labute approximate surface area is 138 Å². The lowest BCUT2D eigenvalue weighted by Gasteiger charge is -2.21. The standard InChI is InChI=1S/C17H17N5O2/c23-16(11-3-5-18-6-4-11)22-17-20-8-13-2-1-12(7-14(13)21-17)15-9-19-10-24-15/h1-2,7-11,18H,3-6H2,(H,20,21,22,23). The van der Waals surface area contributed by atoms with Gasteiger partial charge >= 0.3 is 0 Å². The van der Waals surface area contributed by atoms with Crippen LogP contribution in [0.25, 0.3) is 22.2 Å². The summed E-state index contributed by atoms with van der Waals surface area (Å²) in [6.07, 6.45) is 6.45. The molecule has 1 amide bonds. The Morgan fingerprint density at radius 1 is 1.25 bits per heavy atom. The van der Waals surface area contributed by atoms with E-state index in [1.165, 1.54) is 6.39 Å². The maximum atomic E-state index is 12.3. The molecule has 7 heteroatoms. The van der Waals surface area contributed by atoms with Crippen LogP contribution in [-0.4, -0.2) is 33.9 Å². The number of amides is 1. The number of hydrogen-bond donors (Lipinski definition) is 2. The van der Waals surface area contributed by atoms with Gasteiger partial charge in [0.25, 0.3) is 0 Å². The zero-order chi connectivity index (χ0) is 16.4. The van der Waals surface area contributed by atoms with E-state index in [9.17, 15) is 4.79 Å². The fourth-order valence-corrected chi connectivity index (χ4v) is 2.89. The number of aromatic nitrogens is 3. The maximum absolute atomic E-state index is 12.3. The van der Waals surface area contributed by atoms with Crippen LogP contribution in [-0.2, 0) is 4.79 Å². The molecule has 0 aliphatic carbocycles. The monoisotopic (exact) mass is 323 g/mol. The van der Waals surface area contributed by atoms with Gasteiger partial charge in [0, 0.05) is 23.1 Å². The molecule has 1 aliphatic rings. The number of fused-ring (bicyclic) bond motifs is 1. The summed E-state index contributed by atoms with van der Waals surface area (Å²) in [6, 6.07) is 5.75. The number of nitrogens with one attached hydrogen (secondary N) is 2. The largest absolute Gasteiger partial charge is 0.444 e. The Hall–Kier alpha value is -2.80. The predicted molar refractivity (Wildman–Crippen MR) is 89.3 cm³/mol. The number of anilines is 1. The van der Waals surface area contributed by atoms with Crippen LogP contribution in [0.2, 0.25) is 0 Å². The fourth-order valence-electron chi connectivity index (χ4n) is 2.89. The van der Waals surface area contributed by atoms with Crippen molar-refractivity contribution in [2.45, 2.75) is 12.8 Å². The Morgan fingerprint density at radius 3 is 2.92 bits per heavy atom. The van der Waals surface area contributed by atoms with Gasteiger partial charge in [-0.2, -0.15) is 0 Å². The average molecular weight is 323 g/mol. The van der Waals surface area contributed by atoms with E-state index >= 15 is 0 Å². The van der Waals surface area contributed by atoms with E-state index in [4.69, 9.17) is 4.42 Å². The summed E-state index contributed by atoms with van der Waals surface area (Å²) >= 11 is 0. The molecule has 0 saturated carbocycles. The van der Waals surface area contributed by atoms with E-state index in [0.29, 0.717) is 11.7 Å². The smallest absolute Gasteiger partial charge is 0.229 e. The van der Waals surface area contributed by atoms with Crippen molar-refractivity contribution in [3.05, 3.63) is 37.0 Å². The molecular formula is C17H17N5O2. The van der Waals surface area contributed by atoms with Crippen molar-refractivity contribution >= 4 is 22.8 Å². The number of carbonyl (C=O) groups excluding carboxylic acids is 1. The molecule has 7 nitrogen and oxygen atoms in total. The van der Waals surface area contributed by atoms with E-state index in [0.717, 1.165) is 42.4 Å². The van der Waals surface area contributed by atoms with E-state index in [1.54, 1.807) is 12.4 Å².